The van der Waals surface area contributed by atoms with Gasteiger partial charge in [0.2, 0.25) is 0 Å². The van der Waals surface area contributed by atoms with E-state index in [4.69, 9.17) is 0 Å². The van der Waals surface area contributed by atoms with E-state index in [1.165, 1.54) is 36.4 Å². The first-order valence-electron chi connectivity index (χ1n) is 8.05. The van der Waals surface area contributed by atoms with Crippen LogP contribution in [0.3, 0.4) is 0 Å². The van der Waals surface area contributed by atoms with Crippen LogP contribution in [0.15, 0.2) is 47.4 Å². The summed E-state index contributed by atoms with van der Waals surface area (Å²) in [6, 6.07) is 9.53. The minimum absolute atomic E-state index is 0.00460. The molecule has 1 heterocycles. The summed E-state index contributed by atoms with van der Waals surface area (Å²) in [7, 11) is -3.87. The molecule has 1 aliphatic rings. The molecule has 2 aromatic carbocycles. The van der Waals surface area contributed by atoms with Crippen molar-refractivity contribution in [2.24, 2.45) is 0 Å². The number of nitrogens with one attached hydrogen (secondary N) is 1. The van der Waals surface area contributed by atoms with E-state index in [9.17, 15) is 17.6 Å². The molecule has 132 valence electrons. The Morgan fingerprint density at radius 3 is 2.36 bits per heavy atom. The lowest BCUT2D eigenvalue weighted by atomic mass is 10.1. The molecule has 1 fully saturated rings. The molecule has 0 atom stereocenters. The molecule has 0 aromatic heterocycles. The molecule has 2 aromatic rings. The molecule has 3 rings (SSSR count). The number of anilines is 1. The molecule has 5 nitrogen and oxygen atoms in total. The first kappa shape index (κ1) is 17.4. The highest BCUT2D eigenvalue weighted by atomic mass is 32.2. The van der Waals surface area contributed by atoms with Gasteiger partial charge in [-0.3, -0.25) is 9.52 Å². The second-order valence-corrected chi connectivity index (χ2v) is 7.77. The van der Waals surface area contributed by atoms with Crippen LogP contribution in [0.1, 0.15) is 28.8 Å². The van der Waals surface area contributed by atoms with E-state index in [2.05, 4.69) is 4.72 Å². The maximum Gasteiger partial charge on any atom is 0.261 e. The van der Waals surface area contributed by atoms with Gasteiger partial charge in [-0.05, 0) is 61.7 Å². The fraction of sp³-hybridized carbons (Fsp3) is 0.278. The van der Waals surface area contributed by atoms with Crippen LogP contribution in [0.4, 0.5) is 10.1 Å². The molecule has 0 radical (unpaired) electrons. The van der Waals surface area contributed by atoms with Crippen LogP contribution in [0.25, 0.3) is 0 Å². The van der Waals surface area contributed by atoms with Gasteiger partial charge in [0.25, 0.3) is 15.9 Å². The molecule has 0 aliphatic carbocycles. The van der Waals surface area contributed by atoms with E-state index >= 15 is 0 Å². The van der Waals surface area contributed by atoms with E-state index < -0.39 is 15.8 Å². The van der Waals surface area contributed by atoms with Crippen LogP contribution in [0.2, 0.25) is 0 Å². The number of benzene rings is 2. The topological polar surface area (TPSA) is 66.5 Å². The van der Waals surface area contributed by atoms with Gasteiger partial charge in [-0.15, -0.1) is 0 Å². The Morgan fingerprint density at radius 2 is 1.72 bits per heavy atom. The minimum atomic E-state index is -3.87. The average Bonchev–Trinajstić information content (AvgIpc) is 3.11. The van der Waals surface area contributed by atoms with Gasteiger partial charge in [0.15, 0.2) is 0 Å². The summed E-state index contributed by atoms with van der Waals surface area (Å²) in [5.74, 6) is -0.592. The monoisotopic (exact) mass is 362 g/mol. The van der Waals surface area contributed by atoms with E-state index in [0.717, 1.165) is 18.4 Å². The first-order valence-corrected chi connectivity index (χ1v) is 9.53. The van der Waals surface area contributed by atoms with Crippen LogP contribution in [-0.2, 0) is 10.0 Å². The molecule has 25 heavy (non-hydrogen) atoms. The number of amides is 1. The summed E-state index contributed by atoms with van der Waals surface area (Å²) in [5, 5.41) is 0. The van der Waals surface area contributed by atoms with E-state index in [0.29, 0.717) is 18.7 Å². The quantitative estimate of drug-likeness (QED) is 0.908. The first-order chi connectivity index (χ1) is 11.9. The number of carbonyl (C=O) groups excluding carboxylic acids is 1. The molecular weight excluding hydrogens is 343 g/mol. The number of likely N-dealkylation sites (tertiary alicyclic amines) is 1. The smallest absolute Gasteiger partial charge is 0.261 e. The number of hydrogen-bond donors (Lipinski definition) is 1. The maximum atomic E-state index is 13.0. The summed E-state index contributed by atoms with van der Waals surface area (Å²) < 4.78 is 40.5. The lowest BCUT2D eigenvalue weighted by Crippen LogP contribution is -2.28. The third kappa shape index (κ3) is 3.82. The van der Waals surface area contributed by atoms with Gasteiger partial charge in [0.1, 0.15) is 5.82 Å². The lowest BCUT2D eigenvalue weighted by molar-refractivity contribution is 0.0792. The van der Waals surface area contributed by atoms with Gasteiger partial charge in [-0.2, -0.15) is 0 Å². The zero-order valence-corrected chi connectivity index (χ0v) is 14.6. The van der Waals surface area contributed by atoms with Crippen molar-refractivity contribution in [2.45, 2.75) is 24.7 Å². The molecule has 7 heteroatoms. The number of sulfonamides is 1. The Balaban J connectivity index is 1.89. The number of nitrogens with zero attached hydrogens (tertiary/aromatic N) is 1. The van der Waals surface area contributed by atoms with Gasteiger partial charge < -0.3 is 4.90 Å². The Hall–Kier alpha value is -2.41. The fourth-order valence-corrected chi connectivity index (χ4v) is 3.91. The Labute approximate surface area is 146 Å². The highest BCUT2D eigenvalue weighted by Crippen LogP contribution is 2.22. The predicted octanol–water partition coefficient (Wildman–Crippen LogP) is 3.17. The largest absolute Gasteiger partial charge is 0.339 e. The summed E-state index contributed by atoms with van der Waals surface area (Å²) in [5.41, 5.74) is 1.39. The van der Waals surface area contributed by atoms with Crippen molar-refractivity contribution in [3.63, 3.8) is 0 Å². The molecule has 1 aliphatic heterocycles. The van der Waals surface area contributed by atoms with Gasteiger partial charge >= 0.3 is 0 Å². The summed E-state index contributed by atoms with van der Waals surface area (Å²) in [4.78, 5) is 14.4. The second-order valence-electron chi connectivity index (χ2n) is 6.09. The molecule has 0 bridgehead atoms. The summed E-state index contributed by atoms with van der Waals surface area (Å²) in [6.07, 6.45) is 1.93. The zero-order chi connectivity index (χ0) is 18.0. The number of halogens is 1. The van der Waals surface area contributed by atoms with Gasteiger partial charge in [-0.25, -0.2) is 12.8 Å². The third-order valence-electron chi connectivity index (χ3n) is 4.24. The fourth-order valence-electron chi connectivity index (χ4n) is 2.82. The van der Waals surface area contributed by atoms with Gasteiger partial charge in [0.05, 0.1) is 4.90 Å². The Kier molecular flexibility index (Phi) is 4.76. The van der Waals surface area contributed by atoms with Crippen molar-refractivity contribution in [1.82, 2.24) is 4.90 Å². The molecule has 1 saturated heterocycles. The maximum absolute atomic E-state index is 13.0. The van der Waals surface area contributed by atoms with E-state index in [1.54, 1.807) is 17.9 Å². The van der Waals surface area contributed by atoms with Crippen molar-refractivity contribution < 1.29 is 17.6 Å². The second kappa shape index (κ2) is 6.84. The van der Waals surface area contributed by atoms with Crippen molar-refractivity contribution in [3.8, 4) is 0 Å². The van der Waals surface area contributed by atoms with Crippen molar-refractivity contribution >= 4 is 21.6 Å². The minimum Gasteiger partial charge on any atom is -0.339 e. The predicted molar refractivity (Wildman–Crippen MR) is 93.5 cm³/mol. The van der Waals surface area contributed by atoms with Crippen molar-refractivity contribution in [3.05, 3.63) is 59.4 Å². The summed E-state index contributed by atoms with van der Waals surface area (Å²) in [6.45, 7) is 3.18. The normalized spacial score (nSPS) is 14.6. The molecule has 1 amide bonds. The molecule has 1 N–H and O–H groups in total. The van der Waals surface area contributed by atoms with Crippen LogP contribution in [0, 0.1) is 12.7 Å². The van der Waals surface area contributed by atoms with Gasteiger partial charge in [-0.1, -0.05) is 6.07 Å². The average molecular weight is 362 g/mol. The van der Waals surface area contributed by atoms with Crippen molar-refractivity contribution in [1.29, 1.82) is 0 Å². The van der Waals surface area contributed by atoms with Crippen LogP contribution in [0.5, 0.6) is 0 Å². The lowest BCUT2D eigenvalue weighted by Gasteiger charge is -2.17. The van der Waals surface area contributed by atoms with Crippen LogP contribution >= 0.6 is 0 Å². The number of hydrogen-bond acceptors (Lipinski definition) is 3. The van der Waals surface area contributed by atoms with Crippen molar-refractivity contribution in [2.75, 3.05) is 17.8 Å². The standard InChI is InChI=1S/C18H19FN2O3S/c1-13-4-9-16(12-17(13)18(22)21-10-2-3-11-21)25(23,24)20-15-7-5-14(19)6-8-15/h4-9,12,20H,2-3,10-11H2,1H3. The highest BCUT2D eigenvalue weighted by Gasteiger charge is 2.23. The number of carbonyl (C=O) groups is 1. The molecule has 0 unspecified atom stereocenters. The van der Waals surface area contributed by atoms with Crippen LogP contribution < -0.4 is 4.72 Å². The van der Waals surface area contributed by atoms with Gasteiger partial charge in [0, 0.05) is 24.3 Å². The Bertz CT molecular complexity index is 889. The number of aryl methyl sites for hydroxylation is 1. The highest BCUT2D eigenvalue weighted by molar-refractivity contribution is 7.92. The SMILES string of the molecule is Cc1ccc(S(=O)(=O)Nc2ccc(F)cc2)cc1C(=O)N1CCCC1. The number of rotatable bonds is 4. The van der Waals surface area contributed by atoms with E-state index in [-0.39, 0.29) is 16.5 Å². The molecule has 0 saturated carbocycles. The zero-order valence-electron chi connectivity index (χ0n) is 13.8. The van der Waals surface area contributed by atoms with Crippen LogP contribution in [-0.4, -0.2) is 32.3 Å². The van der Waals surface area contributed by atoms with E-state index in [1.807, 2.05) is 0 Å². The summed E-state index contributed by atoms with van der Waals surface area (Å²) >= 11 is 0. The molecular formula is C18H19FN2O3S. The Morgan fingerprint density at radius 1 is 1.08 bits per heavy atom. The third-order valence-corrected chi connectivity index (χ3v) is 5.62. The molecule has 0 spiro atoms.